The molecule has 0 radical (unpaired) electrons. The summed E-state index contributed by atoms with van der Waals surface area (Å²) in [5.41, 5.74) is 1.26. The number of nitrogens with zero attached hydrogens (tertiary/aromatic N) is 2. The molecule has 0 aliphatic carbocycles. The largest absolute Gasteiger partial charge is 0.373 e. The summed E-state index contributed by atoms with van der Waals surface area (Å²) in [5.74, 6) is 0. The van der Waals surface area contributed by atoms with Crippen molar-refractivity contribution in [3.63, 3.8) is 0 Å². The van der Waals surface area contributed by atoms with E-state index in [0.29, 0.717) is 6.04 Å². The molecule has 4 nitrogen and oxygen atoms in total. The molecule has 1 aliphatic rings. The predicted molar refractivity (Wildman–Crippen MR) is 85.7 cm³/mol. The number of anilines is 1. The molecule has 1 aromatic carbocycles. The number of hydrogen-bond donors (Lipinski definition) is 1. The van der Waals surface area contributed by atoms with E-state index in [1.807, 2.05) is 6.07 Å². The molecule has 1 N–H and O–H groups in total. The second kappa shape index (κ2) is 7.00. The maximum absolute atomic E-state index is 5.90. The molecule has 2 aromatic rings. The first-order valence-corrected chi connectivity index (χ1v) is 8.42. The van der Waals surface area contributed by atoms with Crippen LogP contribution in [-0.2, 0) is 11.2 Å². The first kappa shape index (κ1) is 14.5. The van der Waals surface area contributed by atoms with Crippen LogP contribution in [-0.4, -0.2) is 22.8 Å². The number of rotatable bonds is 5. The highest BCUT2D eigenvalue weighted by atomic mass is 32.1. The smallest absolute Gasteiger partial charge is 0.205 e. The van der Waals surface area contributed by atoms with Crippen LogP contribution in [0.4, 0.5) is 5.13 Å². The highest BCUT2D eigenvalue weighted by Gasteiger charge is 2.24. The third-order valence-electron chi connectivity index (χ3n) is 3.71. The van der Waals surface area contributed by atoms with Crippen molar-refractivity contribution in [1.82, 2.24) is 10.2 Å². The zero-order chi connectivity index (χ0) is 14.5. The molecule has 21 heavy (non-hydrogen) atoms. The summed E-state index contributed by atoms with van der Waals surface area (Å²) in [4.78, 5) is 0. The summed E-state index contributed by atoms with van der Waals surface area (Å²) in [5, 5.41) is 14.1. The summed E-state index contributed by atoms with van der Waals surface area (Å²) < 4.78 is 5.90. The second-order valence-electron chi connectivity index (χ2n) is 5.39. The Bertz CT molecular complexity index is 558. The highest BCUT2D eigenvalue weighted by Crippen LogP contribution is 2.30. The maximum Gasteiger partial charge on any atom is 0.205 e. The topological polar surface area (TPSA) is 47.0 Å². The molecule has 1 saturated heterocycles. The van der Waals surface area contributed by atoms with Crippen LogP contribution in [0, 0.1) is 0 Å². The van der Waals surface area contributed by atoms with Crippen molar-refractivity contribution in [3.8, 4) is 0 Å². The summed E-state index contributed by atoms with van der Waals surface area (Å²) in [7, 11) is 0. The number of ether oxygens (including phenoxy) is 1. The molecule has 2 atom stereocenters. The zero-order valence-corrected chi connectivity index (χ0v) is 13.1. The summed E-state index contributed by atoms with van der Waals surface area (Å²) >= 11 is 1.67. The molecule has 1 aromatic heterocycles. The van der Waals surface area contributed by atoms with Gasteiger partial charge in [0.25, 0.3) is 0 Å². The van der Waals surface area contributed by atoms with Crippen LogP contribution >= 0.6 is 11.3 Å². The third-order valence-corrected chi connectivity index (χ3v) is 4.63. The molecule has 5 heteroatoms. The normalized spacial score (nSPS) is 22.1. The number of aromatic nitrogens is 2. The van der Waals surface area contributed by atoms with Crippen LogP contribution in [0.2, 0.25) is 0 Å². The summed E-state index contributed by atoms with van der Waals surface area (Å²) in [6, 6.07) is 10.9. The van der Waals surface area contributed by atoms with Gasteiger partial charge < -0.3 is 10.1 Å². The van der Waals surface area contributed by atoms with Crippen LogP contribution in [0.3, 0.4) is 0 Å². The van der Waals surface area contributed by atoms with Crippen LogP contribution < -0.4 is 5.32 Å². The van der Waals surface area contributed by atoms with E-state index in [1.165, 1.54) is 5.56 Å². The van der Waals surface area contributed by atoms with Gasteiger partial charge in [-0.2, -0.15) is 0 Å². The van der Waals surface area contributed by atoms with Gasteiger partial charge in [0.1, 0.15) is 5.01 Å². The molecule has 2 heterocycles. The van der Waals surface area contributed by atoms with Gasteiger partial charge in [-0.15, -0.1) is 10.2 Å². The van der Waals surface area contributed by atoms with Gasteiger partial charge in [-0.25, -0.2) is 0 Å². The Balaban J connectivity index is 1.60. The molecular formula is C16H21N3OS. The molecule has 0 spiro atoms. The Labute approximate surface area is 129 Å². The fourth-order valence-corrected chi connectivity index (χ4v) is 3.55. The second-order valence-corrected chi connectivity index (χ2v) is 6.45. The summed E-state index contributed by atoms with van der Waals surface area (Å²) in [6.07, 6.45) is 4.31. The molecule has 1 fully saturated rings. The average molecular weight is 303 g/mol. The Hall–Kier alpha value is -1.46. The summed E-state index contributed by atoms with van der Waals surface area (Å²) in [6.45, 7) is 2.95. The predicted octanol–water partition coefficient (Wildman–Crippen LogP) is 3.82. The fraction of sp³-hybridized carbons (Fsp3) is 0.500. The van der Waals surface area contributed by atoms with E-state index in [2.05, 4.69) is 46.7 Å². The minimum atomic E-state index is 0.181. The van der Waals surface area contributed by atoms with Crippen LogP contribution in [0.25, 0.3) is 0 Å². The third kappa shape index (κ3) is 3.80. The minimum Gasteiger partial charge on any atom is -0.373 e. The van der Waals surface area contributed by atoms with Gasteiger partial charge in [0, 0.05) is 19.1 Å². The molecule has 2 unspecified atom stereocenters. The molecule has 0 amide bonds. The molecule has 3 rings (SSSR count). The molecule has 0 bridgehead atoms. The Morgan fingerprint density at radius 2 is 2.14 bits per heavy atom. The van der Waals surface area contributed by atoms with E-state index >= 15 is 0 Å². The monoisotopic (exact) mass is 303 g/mol. The van der Waals surface area contributed by atoms with E-state index in [-0.39, 0.29) is 6.10 Å². The van der Waals surface area contributed by atoms with E-state index in [0.717, 1.165) is 42.4 Å². The van der Waals surface area contributed by atoms with Crippen molar-refractivity contribution in [2.75, 3.05) is 11.9 Å². The zero-order valence-electron chi connectivity index (χ0n) is 12.3. The van der Waals surface area contributed by atoms with Crippen molar-refractivity contribution in [1.29, 1.82) is 0 Å². The Kier molecular flexibility index (Phi) is 4.83. The van der Waals surface area contributed by atoms with E-state index in [1.54, 1.807) is 11.3 Å². The fourth-order valence-electron chi connectivity index (χ4n) is 2.63. The van der Waals surface area contributed by atoms with Crippen LogP contribution in [0.1, 0.15) is 42.9 Å². The average Bonchev–Trinajstić information content (AvgIpc) is 2.96. The lowest BCUT2D eigenvalue weighted by Crippen LogP contribution is -2.30. The first-order valence-electron chi connectivity index (χ1n) is 7.60. The molecule has 0 saturated carbocycles. The lowest BCUT2D eigenvalue weighted by Gasteiger charge is -2.30. The number of nitrogens with one attached hydrogen (secondary N) is 1. The van der Waals surface area contributed by atoms with Crippen molar-refractivity contribution in [2.24, 2.45) is 0 Å². The number of benzene rings is 1. The standard InChI is InChI=1S/C16H21N3OS/c1-2-6-15-18-19-16(21-15)17-13-9-10-20-14(11-13)12-7-4-3-5-8-12/h3-5,7-8,13-14H,2,6,9-11H2,1H3,(H,17,19). The van der Waals surface area contributed by atoms with Gasteiger partial charge in [-0.1, -0.05) is 48.6 Å². The minimum absolute atomic E-state index is 0.181. The number of hydrogen-bond acceptors (Lipinski definition) is 5. The maximum atomic E-state index is 5.90. The van der Waals surface area contributed by atoms with Crippen molar-refractivity contribution < 1.29 is 4.74 Å². The van der Waals surface area contributed by atoms with Gasteiger partial charge in [-0.3, -0.25) is 0 Å². The van der Waals surface area contributed by atoms with Gasteiger partial charge >= 0.3 is 0 Å². The van der Waals surface area contributed by atoms with Gasteiger partial charge in [0.2, 0.25) is 5.13 Å². The Morgan fingerprint density at radius 1 is 1.29 bits per heavy atom. The first-order chi connectivity index (χ1) is 10.3. The SMILES string of the molecule is CCCc1nnc(NC2CCOC(c3ccccc3)C2)s1. The van der Waals surface area contributed by atoms with Crippen LogP contribution in [0.5, 0.6) is 0 Å². The van der Waals surface area contributed by atoms with Crippen molar-refractivity contribution >= 4 is 16.5 Å². The van der Waals surface area contributed by atoms with Crippen LogP contribution in [0.15, 0.2) is 30.3 Å². The van der Waals surface area contributed by atoms with E-state index in [9.17, 15) is 0 Å². The Morgan fingerprint density at radius 3 is 2.95 bits per heavy atom. The molecular weight excluding hydrogens is 282 g/mol. The van der Waals surface area contributed by atoms with E-state index in [4.69, 9.17) is 4.74 Å². The molecule has 1 aliphatic heterocycles. The quantitative estimate of drug-likeness (QED) is 0.912. The van der Waals surface area contributed by atoms with Gasteiger partial charge in [-0.05, 0) is 24.8 Å². The van der Waals surface area contributed by atoms with Crippen molar-refractivity contribution in [3.05, 3.63) is 40.9 Å². The lowest BCUT2D eigenvalue weighted by atomic mass is 9.98. The molecule has 112 valence electrons. The highest BCUT2D eigenvalue weighted by molar-refractivity contribution is 7.15. The lowest BCUT2D eigenvalue weighted by molar-refractivity contribution is 0.00979. The van der Waals surface area contributed by atoms with Gasteiger partial charge in [0.15, 0.2) is 0 Å². The number of aryl methyl sites for hydroxylation is 1. The van der Waals surface area contributed by atoms with Gasteiger partial charge in [0.05, 0.1) is 6.10 Å². The van der Waals surface area contributed by atoms with Crippen molar-refractivity contribution in [2.45, 2.75) is 44.8 Å². The van der Waals surface area contributed by atoms with E-state index < -0.39 is 0 Å².